The molecular weight excluding hydrogens is 508 g/mol. The molecule has 0 N–H and O–H groups in total. The van der Waals surface area contributed by atoms with Gasteiger partial charge >= 0.3 is 0 Å². The SMILES string of the molecule is CCCN(CC(=O)N(CCc1ccc(OC)c(OC)c1)Cc1ccc(C)s1)S(=O)(=O)c1ccc(C)cc1. The first-order valence-corrected chi connectivity index (χ1v) is 14.5. The molecule has 0 fully saturated rings. The first-order chi connectivity index (χ1) is 17.7. The molecule has 37 heavy (non-hydrogen) atoms. The van der Waals surface area contributed by atoms with E-state index in [1.54, 1.807) is 54.7 Å². The summed E-state index contributed by atoms with van der Waals surface area (Å²) < 4.78 is 38.8. The molecule has 1 amide bonds. The minimum Gasteiger partial charge on any atom is -0.493 e. The van der Waals surface area contributed by atoms with Crippen molar-refractivity contribution in [2.24, 2.45) is 0 Å². The van der Waals surface area contributed by atoms with Gasteiger partial charge in [-0.15, -0.1) is 11.3 Å². The van der Waals surface area contributed by atoms with Crippen molar-refractivity contribution in [1.82, 2.24) is 9.21 Å². The van der Waals surface area contributed by atoms with Gasteiger partial charge in [-0.25, -0.2) is 8.42 Å². The fourth-order valence-corrected chi connectivity index (χ4v) is 6.38. The van der Waals surface area contributed by atoms with Gasteiger partial charge in [0.05, 0.1) is 32.2 Å². The second-order valence-electron chi connectivity index (χ2n) is 8.92. The summed E-state index contributed by atoms with van der Waals surface area (Å²) >= 11 is 1.64. The Hall–Kier alpha value is -2.88. The molecule has 0 spiro atoms. The number of methoxy groups -OCH3 is 2. The van der Waals surface area contributed by atoms with Crippen LogP contribution in [0.15, 0.2) is 59.5 Å². The van der Waals surface area contributed by atoms with E-state index < -0.39 is 10.0 Å². The van der Waals surface area contributed by atoms with Crippen LogP contribution in [0.5, 0.6) is 11.5 Å². The molecule has 0 saturated carbocycles. The lowest BCUT2D eigenvalue weighted by Crippen LogP contribution is -2.43. The van der Waals surface area contributed by atoms with E-state index in [9.17, 15) is 13.2 Å². The van der Waals surface area contributed by atoms with E-state index >= 15 is 0 Å². The third-order valence-electron chi connectivity index (χ3n) is 6.06. The van der Waals surface area contributed by atoms with Crippen molar-refractivity contribution in [2.75, 3.05) is 33.9 Å². The summed E-state index contributed by atoms with van der Waals surface area (Å²) in [6.45, 7) is 6.77. The maximum absolute atomic E-state index is 13.6. The molecule has 3 rings (SSSR count). The topological polar surface area (TPSA) is 76.2 Å². The van der Waals surface area contributed by atoms with Crippen LogP contribution in [0.1, 0.15) is 34.2 Å². The molecule has 7 nitrogen and oxygen atoms in total. The van der Waals surface area contributed by atoms with Crippen molar-refractivity contribution in [3.63, 3.8) is 0 Å². The highest BCUT2D eigenvalue weighted by atomic mass is 32.2. The molecule has 2 aromatic carbocycles. The number of carbonyl (C=O) groups is 1. The van der Waals surface area contributed by atoms with E-state index in [0.29, 0.717) is 37.4 Å². The predicted molar refractivity (Wildman–Crippen MR) is 148 cm³/mol. The number of ether oxygens (including phenoxy) is 2. The number of nitrogens with zero attached hydrogens (tertiary/aromatic N) is 2. The summed E-state index contributed by atoms with van der Waals surface area (Å²) in [4.78, 5) is 17.8. The first-order valence-electron chi connectivity index (χ1n) is 12.3. The Morgan fingerprint density at radius 2 is 1.62 bits per heavy atom. The highest BCUT2D eigenvalue weighted by molar-refractivity contribution is 7.89. The van der Waals surface area contributed by atoms with Crippen LogP contribution in [0.2, 0.25) is 0 Å². The van der Waals surface area contributed by atoms with Crippen molar-refractivity contribution in [3.05, 3.63) is 75.5 Å². The van der Waals surface area contributed by atoms with Crippen molar-refractivity contribution >= 4 is 27.3 Å². The Balaban J connectivity index is 1.82. The van der Waals surface area contributed by atoms with E-state index in [-0.39, 0.29) is 23.9 Å². The second-order valence-corrected chi connectivity index (χ2v) is 12.2. The molecule has 1 heterocycles. The van der Waals surface area contributed by atoms with Crippen molar-refractivity contribution in [1.29, 1.82) is 0 Å². The molecule has 9 heteroatoms. The monoisotopic (exact) mass is 544 g/mol. The summed E-state index contributed by atoms with van der Waals surface area (Å²) in [6, 6.07) is 16.5. The van der Waals surface area contributed by atoms with Gasteiger partial charge in [-0.1, -0.05) is 30.7 Å². The van der Waals surface area contributed by atoms with Gasteiger partial charge in [0.1, 0.15) is 0 Å². The summed E-state index contributed by atoms with van der Waals surface area (Å²) in [7, 11) is -0.622. The average Bonchev–Trinajstić information content (AvgIpc) is 3.30. The zero-order valence-corrected chi connectivity index (χ0v) is 23.8. The lowest BCUT2D eigenvalue weighted by Gasteiger charge is -2.27. The zero-order chi connectivity index (χ0) is 27.0. The Bertz CT molecular complexity index is 1290. The van der Waals surface area contributed by atoms with Crippen LogP contribution in [-0.2, 0) is 27.8 Å². The second kappa shape index (κ2) is 13.1. The summed E-state index contributed by atoms with van der Waals surface area (Å²) in [6.07, 6.45) is 1.20. The van der Waals surface area contributed by atoms with Crippen molar-refractivity contribution < 1.29 is 22.7 Å². The molecule has 0 aliphatic heterocycles. The van der Waals surface area contributed by atoms with Crippen LogP contribution in [-0.4, -0.2) is 57.4 Å². The molecule has 0 radical (unpaired) electrons. The van der Waals surface area contributed by atoms with Gasteiger partial charge in [-0.05, 0) is 68.7 Å². The van der Waals surface area contributed by atoms with Crippen molar-refractivity contribution in [2.45, 2.75) is 45.1 Å². The van der Waals surface area contributed by atoms with Gasteiger partial charge < -0.3 is 14.4 Å². The summed E-state index contributed by atoms with van der Waals surface area (Å²) in [5.74, 6) is 1.05. The number of benzene rings is 2. The smallest absolute Gasteiger partial charge is 0.243 e. The number of amides is 1. The molecule has 1 aromatic heterocycles. The van der Waals surface area contributed by atoms with E-state index in [1.807, 2.05) is 51.1 Å². The fourth-order valence-electron chi connectivity index (χ4n) is 3.99. The minimum absolute atomic E-state index is 0.199. The number of aryl methyl sites for hydroxylation is 2. The molecule has 3 aromatic rings. The highest BCUT2D eigenvalue weighted by Gasteiger charge is 2.28. The van der Waals surface area contributed by atoms with Crippen LogP contribution in [0.3, 0.4) is 0 Å². The number of sulfonamides is 1. The average molecular weight is 545 g/mol. The summed E-state index contributed by atoms with van der Waals surface area (Å²) in [5, 5.41) is 0. The third-order valence-corrected chi connectivity index (χ3v) is 8.90. The summed E-state index contributed by atoms with van der Waals surface area (Å²) in [5.41, 5.74) is 1.97. The normalized spacial score (nSPS) is 11.5. The first kappa shape index (κ1) is 28.7. The Morgan fingerprint density at radius 3 is 2.22 bits per heavy atom. The standard InChI is InChI=1S/C28H36N2O5S2/c1-6-16-30(37(32,33)25-12-7-21(2)8-13-25)20-28(31)29(19-24-11-9-22(3)36-24)17-15-23-10-14-26(34-4)27(18-23)35-5/h7-14,18H,6,15-17,19-20H2,1-5H3. The number of hydrogen-bond donors (Lipinski definition) is 0. The zero-order valence-electron chi connectivity index (χ0n) is 22.2. The lowest BCUT2D eigenvalue weighted by atomic mass is 10.1. The lowest BCUT2D eigenvalue weighted by molar-refractivity contribution is -0.132. The van der Waals surface area contributed by atoms with Gasteiger partial charge in [0.25, 0.3) is 0 Å². The van der Waals surface area contributed by atoms with Gasteiger partial charge in [0.15, 0.2) is 11.5 Å². The van der Waals surface area contributed by atoms with Gasteiger partial charge in [-0.3, -0.25) is 4.79 Å². The van der Waals surface area contributed by atoms with Gasteiger partial charge in [0.2, 0.25) is 15.9 Å². The molecular formula is C28H36N2O5S2. The molecule has 0 unspecified atom stereocenters. The molecule has 0 saturated heterocycles. The highest BCUT2D eigenvalue weighted by Crippen LogP contribution is 2.28. The van der Waals surface area contributed by atoms with Crippen LogP contribution < -0.4 is 9.47 Å². The quantitative estimate of drug-likeness (QED) is 0.301. The van der Waals surface area contributed by atoms with E-state index in [1.165, 1.54) is 4.31 Å². The largest absolute Gasteiger partial charge is 0.493 e. The van der Waals surface area contributed by atoms with Crippen LogP contribution in [0, 0.1) is 13.8 Å². The van der Waals surface area contributed by atoms with Crippen LogP contribution >= 0.6 is 11.3 Å². The maximum Gasteiger partial charge on any atom is 0.243 e. The number of rotatable bonds is 13. The van der Waals surface area contributed by atoms with Gasteiger partial charge in [0, 0.05) is 22.8 Å². The van der Waals surface area contributed by atoms with Crippen molar-refractivity contribution in [3.8, 4) is 11.5 Å². The van der Waals surface area contributed by atoms with Gasteiger partial charge in [-0.2, -0.15) is 4.31 Å². The number of hydrogen-bond acceptors (Lipinski definition) is 6. The Morgan fingerprint density at radius 1 is 0.919 bits per heavy atom. The van der Waals surface area contributed by atoms with E-state index in [4.69, 9.17) is 9.47 Å². The molecule has 0 aliphatic carbocycles. The molecule has 200 valence electrons. The Kier molecular flexibility index (Phi) is 10.1. The van der Waals surface area contributed by atoms with E-state index in [0.717, 1.165) is 20.9 Å². The predicted octanol–water partition coefficient (Wildman–Crippen LogP) is 5.05. The maximum atomic E-state index is 13.6. The Labute approximate surface area is 224 Å². The van der Waals surface area contributed by atoms with E-state index in [2.05, 4.69) is 0 Å². The van der Waals surface area contributed by atoms with Crippen LogP contribution in [0.25, 0.3) is 0 Å². The number of thiophene rings is 1. The van der Waals surface area contributed by atoms with Crippen LogP contribution in [0.4, 0.5) is 0 Å². The molecule has 0 atom stereocenters. The molecule has 0 bridgehead atoms. The fraction of sp³-hybridized carbons (Fsp3) is 0.393. The third kappa shape index (κ3) is 7.56. The minimum atomic E-state index is -3.80. The molecule has 0 aliphatic rings. The number of carbonyl (C=O) groups excluding carboxylic acids is 1.